The van der Waals surface area contributed by atoms with Crippen LogP contribution in [-0.2, 0) is 16.0 Å². The normalized spacial score (nSPS) is 19.3. The number of amides is 2. The van der Waals surface area contributed by atoms with Gasteiger partial charge in [0.05, 0.1) is 18.1 Å². The zero-order chi connectivity index (χ0) is 22.7. The van der Waals surface area contributed by atoms with E-state index >= 15 is 0 Å². The summed E-state index contributed by atoms with van der Waals surface area (Å²) in [4.78, 5) is 25.9. The molecule has 7 nitrogen and oxygen atoms in total. The van der Waals surface area contributed by atoms with Crippen LogP contribution in [0.25, 0.3) is 6.08 Å². The number of ether oxygens (including phenoxy) is 3. The Balaban J connectivity index is 1.44. The molecule has 1 atom stereocenters. The van der Waals surface area contributed by atoms with Crippen LogP contribution in [0.5, 0.6) is 17.2 Å². The highest BCUT2D eigenvalue weighted by atomic mass is 32.2. The number of hydrogen-bond donors (Lipinski definition) is 1. The van der Waals surface area contributed by atoms with Gasteiger partial charge in [0.25, 0.3) is 5.91 Å². The Kier molecular flexibility index (Phi) is 6.66. The quantitative estimate of drug-likeness (QED) is 0.476. The summed E-state index contributed by atoms with van der Waals surface area (Å²) in [6.45, 7) is 2.99. The number of hydrogen-bond acceptors (Lipinski definition) is 7. The zero-order valence-electron chi connectivity index (χ0n) is 17.6. The van der Waals surface area contributed by atoms with Gasteiger partial charge in [-0.3, -0.25) is 4.79 Å². The lowest BCUT2D eigenvalue weighted by molar-refractivity contribution is -0.115. The number of carbonyl (C=O) groups is 2. The van der Waals surface area contributed by atoms with Crippen molar-refractivity contribution in [1.29, 1.82) is 0 Å². The lowest BCUT2D eigenvalue weighted by atomic mass is 10.1. The summed E-state index contributed by atoms with van der Waals surface area (Å²) in [5.41, 5.74) is 1.90. The number of rotatable bonds is 7. The Morgan fingerprint density at radius 2 is 2.00 bits per heavy atom. The number of carbonyl (C=O) groups excluding carboxylic acids is 2. The Labute approximate surface area is 195 Å². The summed E-state index contributed by atoms with van der Waals surface area (Å²) >= 11 is 6.25. The van der Waals surface area contributed by atoms with Crippen LogP contribution < -0.4 is 14.8 Å². The molecule has 9 heteroatoms. The molecule has 2 amide bonds. The van der Waals surface area contributed by atoms with E-state index in [9.17, 15) is 9.59 Å². The van der Waals surface area contributed by atoms with Crippen LogP contribution in [0.1, 0.15) is 18.1 Å². The predicted octanol–water partition coefficient (Wildman–Crippen LogP) is 4.36. The average molecular weight is 471 g/mol. The number of nitrogens with one attached hydrogen (secondary N) is 1. The fraction of sp³-hybridized carbons (Fsp3) is 0.261. The van der Waals surface area contributed by atoms with Crippen LogP contribution in [-0.4, -0.2) is 47.5 Å². The number of likely N-dealkylation sites (N-methyl/N-ethyl adjacent to an activating group) is 1. The molecule has 2 saturated heterocycles. The van der Waals surface area contributed by atoms with Gasteiger partial charge in [0, 0.05) is 6.54 Å². The minimum Gasteiger partial charge on any atom is -0.493 e. The van der Waals surface area contributed by atoms with Crippen molar-refractivity contribution in [3.63, 3.8) is 0 Å². The average Bonchev–Trinajstić information content (AvgIpc) is 3.30. The molecule has 2 aromatic carbocycles. The van der Waals surface area contributed by atoms with Gasteiger partial charge < -0.3 is 24.4 Å². The third kappa shape index (κ3) is 4.89. The summed E-state index contributed by atoms with van der Waals surface area (Å²) in [6.07, 6.45) is 2.23. The van der Waals surface area contributed by atoms with Crippen LogP contribution in [0.15, 0.2) is 47.4 Å². The molecule has 2 heterocycles. The van der Waals surface area contributed by atoms with Crippen molar-refractivity contribution in [2.75, 3.05) is 20.3 Å². The van der Waals surface area contributed by atoms with E-state index in [1.54, 1.807) is 24.2 Å². The molecular formula is C23H22N2O5S2. The number of nitrogens with zero attached hydrogens (tertiary/aromatic N) is 1. The molecule has 1 N–H and O–H groups in total. The molecule has 1 unspecified atom stereocenters. The van der Waals surface area contributed by atoms with Gasteiger partial charge in [-0.15, -0.1) is 0 Å². The van der Waals surface area contributed by atoms with E-state index in [4.69, 9.17) is 26.4 Å². The summed E-state index contributed by atoms with van der Waals surface area (Å²) in [5.74, 6) is 1.58. The van der Waals surface area contributed by atoms with Crippen molar-refractivity contribution >= 4 is 46.4 Å². The molecule has 2 aliphatic heterocycles. The topological polar surface area (TPSA) is 77.1 Å². The highest BCUT2D eigenvalue weighted by Crippen LogP contribution is 2.34. The van der Waals surface area contributed by atoms with E-state index < -0.39 is 0 Å². The first kappa shape index (κ1) is 22.2. The van der Waals surface area contributed by atoms with E-state index in [0.29, 0.717) is 39.6 Å². The van der Waals surface area contributed by atoms with Crippen LogP contribution in [0, 0.1) is 0 Å². The first-order valence-corrected chi connectivity index (χ1v) is 11.3. The summed E-state index contributed by atoms with van der Waals surface area (Å²) in [6, 6.07) is 13.3. The number of benzene rings is 2. The van der Waals surface area contributed by atoms with Crippen molar-refractivity contribution < 1.29 is 23.8 Å². The molecule has 0 bridgehead atoms. The van der Waals surface area contributed by atoms with Crippen molar-refractivity contribution in [3.8, 4) is 17.2 Å². The minimum atomic E-state index is -0.251. The monoisotopic (exact) mass is 470 g/mol. The van der Waals surface area contributed by atoms with Crippen LogP contribution in [0.3, 0.4) is 0 Å². The SMILES string of the molecule is CCN1C(=O)OCC1Cc1ccc(Oc2ccc(/C=C3/SC(=S)NC3=O)cc2OC)cc1. The fourth-order valence-corrected chi connectivity index (χ4v) is 4.61. The highest BCUT2D eigenvalue weighted by Gasteiger charge is 2.31. The number of methoxy groups -OCH3 is 1. The second kappa shape index (κ2) is 9.62. The first-order valence-electron chi connectivity index (χ1n) is 10.1. The lowest BCUT2D eigenvalue weighted by Gasteiger charge is -2.19. The smallest absolute Gasteiger partial charge is 0.410 e. The van der Waals surface area contributed by atoms with E-state index in [1.165, 1.54) is 11.8 Å². The fourth-order valence-electron chi connectivity index (χ4n) is 3.57. The standard InChI is InChI=1S/C23H22N2O5S2/c1-3-25-16(13-29-23(25)27)10-14-4-7-17(8-5-14)30-18-9-6-15(11-19(18)28-2)12-20-21(26)24-22(31)32-20/h4-9,11-12,16H,3,10,13H2,1-2H3,(H,24,26,31)/b20-12+. The largest absolute Gasteiger partial charge is 0.493 e. The Morgan fingerprint density at radius 1 is 1.22 bits per heavy atom. The van der Waals surface area contributed by atoms with Crippen molar-refractivity contribution in [1.82, 2.24) is 10.2 Å². The molecular weight excluding hydrogens is 448 g/mol. The summed E-state index contributed by atoms with van der Waals surface area (Å²) in [5, 5.41) is 2.60. The molecule has 0 spiro atoms. The van der Waals surface area contributed by atoms with Crippen LogP contribution >= 0.6 is 24.0 Å². The third-order valence-corrected chi connectivity index (χ3v) is 6.33. The van der Waals surface area contributed by atoms with Gasteiger partial charge in [0.15, 0.2) is 11.5 Å². The molecule has 0 saturated carbocycles. The van der Waals surface area contributed by atoms with E-state index in [-0.39, 0.29) is 18.0 Å². The molecule has 2 aliphatic rings. The predicted molar refractivity (Wildman–Crippen MR) is 127 cm³/mol. The zero-order valence-corrected chi connectivity index (χ0v) is 19.3. The van der Waals surface area contributed by atoms with Crippen molar-refractivity contribution in [2.24, 2.45) is 0 Å². The highest BCUT2D eigenvalue weighted by molar-refractivity contribution is 8.26. The molecule has 4 rings (SSSR count). The van der Waals surface area contributed by atoms with Crippen LogP contribution in [0.4, 0.5) is 4.79 Å². The van der Waals surface area contributed by atoms with E-state index in [0.717, 1.165) is 17.5 Å². The number of cyclic esters (lactones) is 1. The molecule has 32 heavy (non-hydrogen) atoms. The number of thioether (sulfide) groups is 1. The van der Waals surface area contributed by atoms with Gasteiger partial charge in [-0.05, 0) is 54.8 Å². The molecule has 2 aromatic rings. The molecule has 0 aromatic heterocycles. The second-order valence-corrected chi connectivity index (χ2v) is 8.95. The van der Waals surface area contributed by atoms with E-state index in [1.807, 2.05) is 43.3 Å². The van der Waals surface area contributed by atoms with Gasteiger partial charge in [-0.25, -0.2) is 4.79 Å². The van der Waals surface area contributed by atoms with E-state index in [2.05, 4.69) is 5.32 Å². The summed E-state index contributed by atoms with van der Waals surface area (Å²) in [7, 11) is 1.57. The van der Waals surface area contributed by atoms with Gasteiger partial charge in [0.1, 0.15) is 16.7 Å². The lowest BCUT2D eigenvalue weighted by Crippen LogP contribution is -2.34. The minimum absolute atomic E-state index is 0.0514. The maximum atomic E-state index is 11.9. The first-order chi connectivity index (χ1) is 15.5. The second-order valence-electron chi connectivity index (χ2n) is 7.23. The van der Waals surface area contributed by atoms with Gasteiger partial charge in [0.2, 0.25) is 0 Å². The third-order valence-electron chi connectivity index (χ3n) is 5.17. The van der Waals surface area contributed by atoms with Gasteiger partial charge in [-0.1, -0.05) is 42.2 Å². The van der Waals surface area contributed by atoms with Gasteiger partial charge in [-0.2, -0.15) is 0 Å². The maximum absolute atomic E-state index is 11.9. The maximum Gasteiger partial charge on any atom is 0.410 e. The van der Waals surface area contributed by atoms with Crippen molar-refractivity contribution in [3.05, 3.63) is 58.5 Å². The van der Waals surface area contributed by atoms with Gasteiger partial charge >= 0.3 is 6.09 Å². The Morgan fingerprint density at radius 3 is 2.66 bits per heavy atom. The molecule has 0 radical (unpaired) electrons. The number of thiocarbonyl (C=S) groups is 1. The Bertz CT molecular complexity index is 1080. The van der Waals surface area contributed by atoms with Crippen LogP contribution in [0.2, 0.25) is 0 Å². The molecule has 0 aliphatic carbocycles. The van der Waals surface area contributed by atoms with Crippen molar-refractivity contribution in [2.45, 2.75) is 19.4 Å². The molecule has 166 valence electrons. The molecule has 2 fully saturated rings. The Hall–Kier alpha value is -3.04. The summed E-state index contributed by atoms with van der Waals surface area (Å²) < 4.78 is 17.1.